The number of hydrogen-bond acceptors (Lipinski definition) is 4. The molecular formula is C26H26ClFN2O3. The highest BCUT2D eigenvalue weighted by atomic mass is 35.5. The van der Waals surface area contributed by atoms with Gasteiger partial charge in [-0.1, -0.05) is 78.3 Å². The van der Waals surface area contributed by atoms with Gasteiger partial charge < -0.3 is 14.7 Å². The highest BCUT2D eigenvalue weighted by Gasteiger charge is 2.38. The molecule has 3 aromatic carbocycles. The second kappa shape index (κ2) is 10.8. The van der Waals surface area contributed by atoms with Crippen molar-refractivity contribution in [2.75, 3.05) is 13.1 Å². The van der Waals surface area contributed by atoms with E-state index < -0.39 is 18.0 Å². The van der Waals surface area contributed by atoms with Crippen LogP contribution in [0.3, 0.4) is 0 Å². The van der Waals surface area contributed by atoms with E-state index in [9.17, 15) is 14.3 Å². The van der Waals surface area contributed by atoms with Crippen molar-refractivity contribution in [1.82, 2.24) is 9.80 Å². The molecule has 1 aliphatic rings. The third-order valence-corrected chi connectivity index (χ3v) is 6.10. The minimum Gasteiger partial charge on any atom is -0.445 e. The van der Waals surface area contributed by atoms with Crippen LogP contribution in [0.25, 0.3) is 0 Å². The number of carbonyl (C=O) groups excluding carboxylic acids is 1. The summed E-state index contributed by atoms with van der Waals surface area (Å²) in [6, 6.07) is 23.7. The van der Waals surface area contributed by atoms with Gasteiger partial charge in [-0.25, -0.2) is 9.18 Å². The van der Waals surface area contributed by atoms with Gasteiger partial charge in [0.15, 0.2) is 0 Å². The summed E-state index contributed by atoms with van der Waals surface area (Å²) in [6.45, 7) is 1.61. The van der Waals surface area contributed by atoms with Gasteiger partial charge in [0.2, 0.25) is 0 Å². The average Bonchev–Trinajstić information content (AvgIpc) is 3.22. The largest absolute Gasteiger partial charge is 0.445 e. The number of hydrogen-bond donors (Lipinski definition) is 1. The van der Waals surface area contributed by atoms with E-state index in [1.807, 2.05) is 60.7 Å². The Labute approximate surface area is 198 Å². The quantitative estimate of drug-likeness (QED) is 0.538. The molecule has 172 valence electrons. The third-order valence-electron chi connectivity index (χ3n) is 5.79. The van der Waals surface area contributed by atoms with Gasteiger partial charge in [-0.3, -0.25) is 4.90 Å². The van der Waals surface area contributed by atoms with E-state index in [0.29, 0.717) is 19.6 Å². The second-order valence-corrected chi connectivity index (χ2v) is 8.63. The van der Waals surface area contributed by atoms with Gasteiger partial charge >= 0.3 is 6.09 Å². The first-order valence-electron chi connectivity index (χ1n) is 10.8. The van der Waals surface area contributed by atoms with Crippen LogP contribution in [0.15, 0.2) is 78.9 Å². The molecule has 1 amide bonds. The van der Waals surface area contributed by atoms with Crippen molar-refractivity contribution in [1.29, 1.82) is 0 Å². The van der Waals surface area contributed by atoms with Crippen LogP contribution in [0.2, 0.25) is 5.02 Å². The molecule has 1 saturated heterocycles. The van der Waals surface area contributed by atoms with Crippen LogP contribution in [-0.2, 0) is 24.4 Å². The summed E-state index contributed by atoms with van der Waals surface area (Å²) < 4.78 is 19.5. The van der Waals surface area contributed by atoms with Gasteiger partial charge in [0.05, 0.1) is 23.7 Å². The Morgan fingerprint density at radius 1 is 0.970 bits per heavy atom. The molecule has 33 heavy (non-hydrogen) atoms. The van der Waals surface area contributed by atoms with Gasteiger partial charge in [0.1, 0.15) is 12.4 Å². The molecule has 5 nitrogen and oxygen atoms in total. The minimum atomic E-state index is -0.755. The van der Waals surface area contributed by atoms with Gasteiger partial charge in [-0.05, 0) is 28.8 Å². The smallest absolute Gasteiger partial charge is 0.410 e. The number of rotatable bonds is 7. The normalized spacial score (nSPS) is 18.0. The first kappa shape index (κ1) is 23.2. The van der Waals surface area contributed by atoms with Crippen molar-refractivity contribution >= 4 is 17.7 Å². The van der Waals surface area contributed by atoms with Crippen molar-refractivity contribution in [3.63, 3.8) is 0 Å². The van der Waals surface area contributed by atoms with E-state index in [4.69, 9.17) is 16.3 Å². The molecule has 4 rings (SSSR count). The summed E-state index contributed by atoms with van der Waals surface area (Å²) >= 11 is 5.84. The maximum atomic E-state index is 14.0. The Hall–Kier alpha value is -2.93. The lowest BCUT2D eigenvalue weighted by Gasteiger charge is -2.30. The fraction of sp³-hybridized carbons (Fsp3) is 0.269. The molecule has 3 aromatic rings. The average molecular weight is 469 g/mol. The second-order valence-electron chi connectivity index (χ2n) is 8.22. The molecule has 1 fully saturated rings. The summed E-state index contributed by atoms with van der Waals surface area (Å²) in [6.07, 6.45) is -1.22. The van der Waals surface area contributed by atoms with Crippen molar-refractivity contribution in [3.8, 4) is 0 Å². The van der Waals surface area contributed by atoms with E-state index in [2.05, 4.69) is 4.90 Å². The van der Waals surface area contributed by atoms with Crippen LogP contribution in [0, 0.1) is 5.82 Å². The SMILES string of the molecule is O=C(OCc1ccccc1)N1C[C@@H](O)[C@H](N(Cc2ccccc2)Cc2ccc(Cl)c(F)c2)C1. The predicted octanol–water partition coefficient (Wildman–Crippen LogP) is 4.86. The maximum Gasteiger partial charge on any atom is 0.410 e. The highest BCUT2D eigenvalue weighted by molar-refractivity contribution is 6.30. The van der Waals surface area contributed by atoms with Crippen molar-refractivity contribution < 1.29 is 19.0 Å². The molecule has 2 atom stereocenters. The number of aliphatic hydroxyl groups is 1. The van der Waals surface area contributed by atoms with E-state index >= 15 is 0 Å². The molecule has 0 unspecified atom stereocenters. The molecule has 0 saturated carbocycles. The number of halogens is 2. The molecule has 1 aliphatic heterocycles. The van der Waals surface area contributed by atoms with Crippen LogP contribution in [0.4, 0.5) is 9.18 Å². The minimum absolute atomic E-state index is 0.0709. The topological polar surface area (TPSA) is 53.0 Å². The predicted molar refractivity (Wildman–Crippen MR) is 125 cm³/mol. The molecule has 0 spiro atoms. The maximum absolute atomic E-state index is 14.0. The zero-order chi connectivity index (χ0) is 23.2. The number of amides is 1. The van der Waals surface area contributed by atoms with Crippen LogP contribution in [0.5, 0.6) is 0 Å². The van der Waals surface area contributed by atoms with Crippen LogP contribution < -0.4 is 0 Å². The zero-order valence-electron chi connectivity index (χ0n) is 18.1. The number of nitrogens with zero attached hydrogens (tertiary/aromatic N) is 2. The number of aliphatic hydroxyl groups excluding tert-OH is 1. The van der Waals surface area contributed by atoms with E-state index in [1.54, 1.807) is 6.07 Å². The number of ether oxygens (including phenoxy) is 1. The number of β-amino-alcohol motifs (C(OH)–C–C–N with tert-alkyl or cyclic N) is 1. The molecular weight excluding hydrogens is 443 g/mol. The van der Waals surface area contributed by atoms with Crippen LogP contribution in [-0.4, -0.2) is 46.2 Å². The van der Waals surface area contributed by atoms with Gasteiger partial charge in [0, 0.05) is 19.6 Å². The van der Waals surface area contributed by atoms with E-state index in [0.717, 1.165) is 16.7 Å². The first-order valence-corrected chi connectivity index (χ1v) is 11.2. The number of benzene rings is 3. The van der Waals surface area contributed by atoms with E-state index in [1.165, 1.54) is 17.0 Å². The fourth-order valence-electron chi connectivity index (χ4n) is 4.07. The summed E-state index contributed by atoms with van der Waals surface area (Å²) in [5, 5.41) is 10.9. The standard InChI is InChI=1S/C26H26ClFN2O3/c27-22-12-11-21(13-23(22)28)15-29(14-19-7-3-1-4-8-19)24-16-30(17-25(24)31)26(32)33-18-20-9-5-2-6-10-20/h1-13,24-25,31H,14-18H2/t24-,25-/m1/s1. The summed E-state index contributed by atoms with van der Waals surface area (Å²) in [7, 11) is 0. The molecule has 1 N–H and O–H groups in total. The summed E-state index contributed by atoms with van der Waals surface area (Å²) in [5.41, 5.74) is 2.70. The van der Waals surface area contributed by atoms with Crippen LogP contribution in [0.1, 0.15) is 16.7 Å². The lowest BCUT2D eigenvalue weighted by atomic mass is 10.1. The van der Waals surface area contributed by atoms with Crippen molar-refractivity contribution in [2.45, 2.75) is 31.8 Å². The Morgan fingerprint density at radius 3 is 2.27 bits per heavy atom. The molecule has 1 heterocycles. The molecule has 0 aromatic heterocycles. The zero-order valence-corrected chi connectivity index (χ0v) is 18.9. The monoisotopic (exact) mass is 468 g/mol. The van der Waals surface area contributed by atoms with Crippen LogP contribution >= 0.6 is 11.6 Å². The lowest BCUT2D eigenvalue weighted by Crippen LogP contribution is -2.42. The molecule has 0 bridgehead atoms. The third kappa shape index (κ3) is 6.11. The molecule has 0 aliphatic carbocycles. The molecule has 0 radical (unpaired) electrons. The van der Waals surface area contributed by atoms with Crippen molar-refractivity contribution in [2.24, 2.45) is 0 Å². The number of carbonyl (C=O) groups is 1. The lowest BCUT2D eigenvalue weighted by molar-refractivity contribution is 0.0728. The summed E-state index contributed by atoms with van der Waals surface area (Å²) in [5.74, 6) is -0.480. The highest BCUT2D eigenvalue weighted by Crippen LogP contribution is 2.24. The Kier molecular flexibility index (Phi) is 7.60. The molecule has 7 heteroatoms. The Morgan fingerprint density at radius 2 is 1.61 bits per heavy atom. The Balaban J connectivity index is 1.46. The van der Waals surface area contributed by atoms with Crippen molar-refractivity contribution in [3.05, 3.63) is 106 Å². The first-order chi connectivity index (χ1) is 16.0. The van der Waals surface area contributed by atoms with Gasteiger partial charge in [0.25, 0.3) is 0 Å². The number of likely N-dealkylation sites (tertiary alicyclic amines) is 1. The van der Waals surface area contributed by atoms with Gasteiger partial charge in [-0.15, -0.1) is 0 Å². The van der Waals surface area contributed by atoms with E-state index in [-0.39, 0.29) is 24.2 Å². The summed E-state index contributed by atoms with van der Waals surface area (Å²) in [4.78, 5) is 16.2. The Bertz CT molecular complexity index is 1070. The van der Waals surface area contributed by atoms with Gasteiger partial charge in [-0.2, -0.15) is 0 Å². The fourth-order valence-corrected chi connectivity index (χ4v) is 4.19.